The molecule has 1 aromatic heterocycles. The van der Waals surface area contributed by atoms with E-state index in [1.807, 2.05) is 0 Å². The molecule has 1 fully saturated rings. The molecule has 5 nitrogen and oxygen atoms in total. The lowest BCUT2D eigenvalue weighted by molar-refractivity contribution is 0.0196. The molecule has 2 heterocycles. The maximum atomic E-state index is 5.90. The third-order valence-electron chi connectivity index (χ3n) is 2.76. The van der Waals surface area contributed by atoms with E-state index in [0.29, 0.717) is 12.4 Å². The van der Waals surface area contributed by atoms with Crippen LogP contribution in [-0.4, -0.2) is 22.8 Å². The van der Waals surface area contributed by atoms with Gasteiger partial charge in [0.05, 0.1) is 0 Å². The molecule has 0 aliphatic carbocycles. The Labute approximate surface area is 116 Å². The molecule has 1 unspecified atom stereocenters. The molecule has 98 valence electrons. The van der Waals surface area contributed by atoms with Gasteiger partial charge < -0.3 is 15.4 Å². The first-order chi connectivity index (χ1) is 8.63. The van der Waals surface area contributed by atoms with Gasteiger partial charge in [-0.2, -0.15) is 4.98 Å². The van der Waals surface area contributed by atoms with Crippen LogP contribution in [-0.2, 0) is 4.74 Å². The largest absolute Gasteiger partial charge is 0.393 e. The summed E-state index contributed by atoms with van der Waals surface area (Å²) in [5.74, 6) is 0.432. The van der Waals surface area contributed by atoms with Crippen LogP contribution in [0.4, 0.5) is 11.5 Å². The first kappa shape index (κ1) is 13.4. The van der Waals surface area contributed by atoms with Crippen molar-refractivity contribution >= 4 is 34.7 Å². The Hall–Kier alpha value is -1.04. The Balaban J connectivity index is 2.34. The average Bonchev–Trinajstić information content (AvgIpc) is 2.37. The predicted octanol–water partition coefficient (Wildman–Crippen LogP) is 2.84. The van der Waals surface area contributed by atoms with Crippen LogP contribution in [0.1, 0.15) is 19.3 Å². The van der Waals surface area contributed by atoms with Crippen molar-refractivity contribution in [1.29, 1.82) is 0 Å². The maximum Gasteiger partial charge on any atom is 0.225 e. The number of anilines is 2. The lowest BCUT2D eigenvalue weighted by Gasteiger charge is -2.32. The number of rotatable bonds is 3. The summed E-state index contributed by atoms with van der Waals surface area (Å²) in [5.41, 5.74) is 6.15. The highest BCUT2D eigenvalue weighted by Crippen LogP contribution is 2.31. The van der Waals surface area contributed by atoms with Crippen LogP contribution in [0.15, 0.2) is 12.8 Å². The second-order valence-corrected chi connectivity index (χ2v) is 4.63. The summed E-state index contributed by atoms with van der Waals surface area (Å²) in [4.78, 5) is 9.63. The molecule has 1 saturated heterocycles. The van der Waals surface area contributed by atoms with Crippen molar-refractivity contribution in [2.24, 2.45) is 0 Å². The van der Waals surface area contributed by atoms with Crippen LogP contribution in [0.25, 0.3) is 0 Å². The Morgan fingerprint density at radius 1 is 1.39 bits per heavy atom. The fraction of sp³-hybridized carbons (Fsp3) is 0.455. The van der Waals surface area contributed by atoms with Crippen LogP contribution in [0.5, 0.6) is 0 Å². The first-order valence-corrected chi connectivity index (χ1v) is 6.40. The number of hydrogen-bond donors (Lipinski definition) is 1. The van der Waals surface area contributed by atoms with E-state index in [1.54, 1.807) is 11.1 Å². The van der Waals surface area contributed by atoms with E-state index in [4.69, 9.17) is 33.7 Å². The number of halogens is 2. The fourth-order valence-electron chi connectivity index (χ4n) is 1.89. The van der Waals surface area contributed by atoms with Gasteiger partial charge in [-0.3, -0.25) is 0 Å². The number of nitrogens with two attached hydrogens (primary N) is 1. The Morgan fingerprint density at radius 3 is 2.78 bits per heavy atom. The van der Waals surface area contributed by atoms with Crippen LogP contribution < -0.4 is 10.6 Å². The number of ether oxygens (including phenoxy) is 1. The molecule has 18 heavy (non-hydrogen) atoms. The number of nitrogen functional groups attached to an aromatic ring is 1. The van der Waals surface area contributed by atoms with E-state index in [0.717, 1.165) is 19.3 Å². The molecule has 0 spiro atoms. The Morgan fingerprint density at radius 2 is 2.17 bits per heavy atom. The van der Waals surface area contributed by atoms with Crippen molar-refractivity contribution in [3.05, 3.63) is 23.2 Å². The summed E-state index contributed by atoms with van der Waals surface area (Å²) >= 11 is 11.7. The van der Waals surface area contributed by atoms with Crippen LogP contribution in [0, 0.1) is 0 Å². The lowest BCUT2D eigenvalue weighted by Crippen LogP contribution is -2.36. The third kappa shape index (κ3) is 2.68. The second kappa shape index (κ2) is 5.73. The van der Waals surface area contributed by atoms with E-state index in [2.05, 4.69) is 16.5 Å². The van der Waals surface area contributed by atoms with Gasteiger partial charge >= 0.3 is 0 Å². The van der Waals surface area contributed by atoms with E-state index < -0.39 is 0 Å². The number of aromatic nitrogens is 2. The zero-order valence-corrected chi connectivity index (χ0v) is 11.3. The van der Waals surface area contributed by atoms with Crippen molar-refractivity contribution in [2.45, 2.75) is 25.5 Å². The second-order valence-electron chi connectivity index (χ2n) is 3.93. The van der Waals surface area contributed by atoms with E-state index in [1.165, 1.54) is 0 Å². The normalized spacial score (nSPS) is 19.6. The molecule has 0 aromatic carbocycles. The minimum Gasteiger partial charge on any atom is -0.393 e. The minimum atomic E-state index is -0.138. The standard InChI is InChI=1S/C11H14Cl2N4O/c1-2-17(7-5-3-4-6-18-7)10-8(14)9(12)15-11(13)16-10/h2,7H,1,3-6,14H2. The third-order valence-corrected chi connectivity index (χ3v) is 3.22. The molecule has 2 N–H and O–H groups in total. The minimum absolute atomic E-state index is 0.0480. The highest BCUT2D eigenvalue weighted by atomic mass is 35.5. The van der Waals surface area contributed by atoms with Gasteiger partial charge in [0, 0.05) is 12.8 Å². The quantitative estimate of drug-likeness (QED) is 0.684. The van der Waals surface area contributed by atoms with Gasteiger partial charge in [-0.05, 0) is 30.9 Å². The molecule has 0 radical (unpaired) electrons. The summed E-state index contributed by atoms with van der Waals surface area (Å²) in [7, 11) is 0. The lowest BCUT2D eigenvalue weighted by atomic mass is 10.1. The molecule has 0 bridgehead atoms. The summed E-state index contributed by atoms with van der Waals surface area (Å²) in [6.45, 7) is 4.47. The highest BCUT2D eigenvalue weighted by molar-refractivity contribution is 6.34. The molecule has 1 aliphatic rings. The molecule has 1 atom stereocenters. The summed E-state index contributed by atoms with van der Waals surface area (Å²) in [6.07, 6.45) is 4.50. The van der Waals surface area contributed by atoms with Gasteiger partial charge in [0.2, 0.25) is 5.28 Å². The molecule has 0 amide bonds. The zero-order valence-electron chi connectivity index (χ0n) is 9.77. The van der Waals surface area contributed by atoms with E-state index in [-0.39, 0.29) is 22.4 Å². The van der Waals surface area contributed by atoms with Crippen LogP contribution in [0.2, 0.25) is 10.4 Å². The molecule has 7 heteroatoms. The van der Waals surface area contributed by atoms with Gasteiger partial charge in [-0.25, -0.2) is 4.98 Å². The molecule has 2 rings (SSSR count). The Kier molecular flexibility index (Phi) is 4.27. The van der Waals surface area contributed by atoms with Crippen LogP contribution >= 0.6 is 23.2 Å². The first-order valence-electron chi connectivity index (χ1n) is 5.64. The smallest absolute Gasteiger partial charge is 0.225 e. The van der Waals surface area contributed by atoms with Gasteiger partial charge in [0.15, 0.2) is 11.0 Å². The summed E-state index contributed by atoms with van der Waals surface area (Å²) in [6, 6.07) is 0. The topological polar surface area (TPSA) is 64.3 Å². The zero-order chi connectivity index (χ0) is 13.1. The fourth-order valence-corrected chi connectivity index (χ4v) is 2.26. The van der Waals surface area contributed by atoms with Crippen molar-refractivity contribution in [2.75, 3.05) is 17.2 Å². The van der Waals surface area contributed by atoms with Gasteiger partial charge in [-0.1, -0.05) is 18.2 Å². The van der Waals surface area contributed by atoms with Crippen LogP contribution in [0.3, 0.4) is 0 Å². The predicted molar refractivity (Wildman–Crippen MR) is 72.7 cm³/mol. The molecule has 0 saturated carbocycles. The Bertz CT molecular complexity index is 449. The van der Waals surface area contributed by atoms with Crippen molar-refractivity contribution < 1.29 is 4.74 Å². The van der Waals surface area contributed by atoms with Gasteiger partial charge in [-0.15, -0.1) is 0 Å². The monoisotopic (exact) mass is 288 g/mol. The van der Waals surface area contributed by atoms with Gasteiger partial charge in [0.25, 0.3) is 0 Å². The number of nitrogens with zero attached hydrogens (tertiary/aromatic N) is 3. The molecule has 1 aliphatic heterocycles. The summed E-state index contributed by atoms with van der Waals surface area (Å²) < 4.78 is 5.67. The van der Waals surface area contributed by atoms with Crippen molar-refractivity contribution in [3.63, 3.8) is 0 Å². The molecular weight excluding hydrogens is 275 g/mol. The summed E-state index contributed by atoms with van der Waals surface area (Å²) in [5, 5.41) is 0.180. The molecule has 1 aromatic rings. The van der Waals surface area contributed by atoms with Gasteiger partial charge in [0.1, 0.15) is 11.9 Å². The van der Waals surface area contributed by atoms with Crippen molar-refractivity contribution in [1.82, 2.24) is 9.97 Å². The maximum absolute atomic E-state index is 5.90. The molecular formula is C11H14Cl2N4O. The highest BCUT2D eigenvalue weighted by Gasteiger charge is 2.24. The van der Waals surface area contributed by atoms with E-state index in [9.17, 15) is 0 Å². The average molecular weight is 289 g/mol. The van der Waals surface area contributed by atoms with Crippen molar-refractivity contribution in [3.8, 4) is 0 Å². The number of hydrogen-bond acceptors (Lipinski definition) is 5. The SMILES string of the molecule is C=CN(c1nc(Cl)nc(Cl)c1N)C1CCCCO1. The van der Waals surface area contributed by atoms with E-state index >= 15 is 0 Å².